The maximum Gasteiger partial charge on any atom is 0.237 e. The number of carbonyl (C=O) groups is 1. The zero-order valence-electron chi connectivity index (χ0n) is 10.9. The fraction of sp³-hybridized carbons (Fsp3) is 0.917. The molecule has 1 heterocycles. The van der Waals surface area contributed by atoms with Gasteiger partial charge in [0, 0.05) is 12.6 Å². The Morgan fingerprint density at radius 2 is 1.89 bits per heavy atom. The molecule has 1 amide bonds. The lowest BCUT2D eigenvalue weighted by molar-refractivity contribution is -0.131. The summed E-state index contributed by atoms with van der Waals surface area (Å²) in [6, 6.07) is 0.348. The van der Waals surface area contributed by atoms with Crippen LogP contribution in [0.4, 0.5) is 0 Å². The zero-order valence-corrected chi connectivity index (χ0v) is 11.7. The second-order valence-corrected chi connectivity index (χ2v) is 7.27. The van der Waals surface area contributed by atoms with Crippen LogP contribution in [0.5, 0.6) is 0 Å². The van der Waals surface area contributed by atoms with E-state index in [0.29, 0.717) is 12.0 Å². The van der Waals surface area contributed by atoms with Crippen molar-refractivity contribution in [1.29, 1.82) is 0 Å². The highest BCUT2D eigenvalue weighted by Crippen LogP contribution is 2.35. The Morgan fingerprint density at radius 3 is 2.50 bits per heavy atom. The summed E-state index contributed by atoms with van der Waals surface area (Å²) in [5.41, 5.74) is 0. The van der Waals surface area contributed by atoms with Crippen LogP contribution < -0.4 is 4.72 Å². The van der Waals surface area contributed by atoms with Crippen molar-refractivity contribution in [3.63, 3.8) is 0 Å². The number of hydrogen-bond donors (Lipinski definition) is 1. The van der Waals surface area contributed by atoms with Gasteiger partial charge in [-0.1, -0.05) is 12.8 Å². The van der Waals surface area contributed by atoms with E-state index in [9.17, 15) is 13.2 Å². The summed E-state index contributed by atoms with van der Waals surface area (Å²) in [6.45, 7) is 0.688. The molecule has 1 aliphatic carbocycles. The first-order valence-corrected chi connectivity index (χ1v) is 8.60. The van der Waals surface area contributed by atoms with Gasteiger partial charge in [-0.3, -0.25) is 4.79 Å². The first-order chi connectivity index (χ1) is 8.47. The van der Waals surface area contributed by atoms with Crippen LogP contribution in [0.15, 0.2) is 0 Å². The average molecular weight is 274 g/mol. The van der Waals surface area contributed by atoms with Crippen LogP contribution in [0.2, 0.25) is 0 Å². The van der Waals surface area contributed by atoms with Gasteiger partial charge in [0.15, 0.2) is 0 Å². The largest absolute Gasteiger partial charge is 0.338 e. The van der Waals surface area contributed by atoms with Crippen LogP contribution in [0.25, 0.3) is 0 Å². The number of sulfonamides is 1. The van der Waals surface area contributed by atoms with E-state index in [2.05, 4.69) is 4.72 Å². The minimum absolute atomic E-state index is 0.0742. The molecule has 0 bridgehead atoms. The molecule has 104 valence electrons. The Balaban J connectivity index is 1.92. The molecule has 0 spiro atoms. The molecule has 0 aromatic carbocycles. The number of nitrogens with one attached hydrogen (secondary N) is 1. The minimum atomic E-state index is -3.28. The monoisotopic (exact) mass is 274 g/mol. The van der Waals surface area contributed by atoms with Gasteiger partial charge in [-0.2, -0.15) is 0 Å². The van der Waals surface area contributed by atoms with E-state index >= 15 is 0 Å². The van der Waals surface area contributed by atoms with E-state index in [4.69, 9.17) is 0 Å². The number of carbonyl (C=O) groups excluding carboxylic acids is 1. The van der Waals surface area contributed by atoms with Gasteiger partial charge in [0.2, 0.25) is 15.9 Å². The Morgan fingerprint density at radius 1 is 1.22 bits per heavy atom. The minimum Gasteiger partial charge on any atom is -0.338 e. The van der Waals surface area contributed by atoms with Crippen molar-refractivity contribution in [3.8, 4) is 0 Å². The van der Waals surface area contributed by atoms with E-state index < -0.39 is 10.0 Å². The predicted molar refractivity (Wildman–Crippen MR) is 69.5 cm³/mol. The summed E-state index contributed by atoms with van der Waals surface area (Å²) >= 11 is 0. The lowest BCUT2D eigenvalue weighted by Crippen LogP contribution is -2.44. The summed E-state index contributed by atoms with van der Waals surface area (Å²) in [7, 11) is -3.28. The molecule has 2 rings (SSSR count). The first-order valence-electron chi connectivity index (χ1n) is 6.71. The lowest BCUT2D eigenvalue weighted by Gasteiger charge is -2.29. The number of hydrogen-bond acceptors (Lipinski definition) is 3. The molecule has 5 nitrogen and oxygen atoms in total. The molecule has 0 aromatic heterocycles. The van der Waals surface area contributed by atoms with Crippen LogP contribution in [-0.4, -0.2) is 44.6 Å². The van der Waals surface area contributed by atoms with Gasteiger partial charge in [0.05, 0.1) is 12.8 Å². The Hall–Kier alpha value is -0.620. The molecule has 6 heteroatoms. The molecule has 1 aliphatic heterocycles. The highest BCUT2D eigenvalue weighted by molar-refractivity contribution is 7.88. The van der Waals surface area contributed by atoms with Crippen molar-refractivity contribution in [3.05, 3.63) is 0 Å². The summed E-state index contributed by atoms with van der Waals surface area (Å²) < 4.78 is 24.3. The van der Waals surface area contributed by atoms with E-state index in [1.807, 2.05) is 4.90 Å². The molecular formula is C12H22N2O3S. The molecule has 2 fully saturated rings. The summed E-state index contributed by atoms with van der Waals surface area (Å²) in [5.74, 6) is 0.560. The van der Waals surface area contributed by atoms with Crippen molar-refractivity contribution < 1.29 is 13.2 Å². The standard InChI is InChI=1S/C12H22N2O3S/c1-18(16,17)13-9-12(15)14-8-4-7-11(14)10-5-2-3-6-10/h10-11,13H,2-9H2,1H3/t11-/m0/s1. The molecule has 1 atom stereocenters. The fourth-order valence-corrected chi connectivity index (χ4v) is 3.61. The molecule has 1 saturated carbocycles. The molecule has 18 heavy (non-hydrogen) atoms. The van der Waals surface area contributed by atoms with Crippen LogP contribution in [0.1, 0.15) is 38.5 Å². The second kappa shape index (κ2) is 5.57. The normalized spacial score (nSPS) is 25.8. The number of amides is 1. The Bertz CT molecular complexity index is 402. The van der Waals surface area contributed by atoms with Crippen molar-refractivity contribution >= 4 is 15.9 Å². The summed E-state index contributed by atoms with van der Waals surface area (Å²) in [5, 5.41) is 0. The van der Waals surface area contributed by atoms with Gasteiger partial charge in [0.1, 0.15) is 0 Å². The summed E-state index contributed by atoms with van der Waals surface area (Å²) in [6.07, 6.45) is 8.18. The van der Waals surface area contributed by atoms with Crippen LogP contribution >= 0.6 is 0 Å². The van der Waals surface area contributed by atoms with Gasteiger partial charge < -0.3 is 4.90 Å². The van der Waals surface area contributed by atoms with Crippen molar-refractivity contribution in [2.24, 2.45) is 5.92 Å². The maximum absolute atomic E-state index is 12.1. The average Bonchev–Trinajstić information content (AvgIpc) is 2.94. The SMILES string of the molecule is CS(=O)(=O)NCC(=O)N1CCC[C@H]1C1CCCC1. The third kappa shape index (κ3) is 3.45. The molecule has 1 N–H and O–H groups in total. The van der Waals surface area contributed by atoms with Gasteiger partial charge in [-0.15, -0.1) is 0 Å². The molecule has 0 aromatic rings. The molecule has 0 radical (unpaired) electrons. The van der Waals surface area contributed by atoms with E-state index in [0.717, 1.165) is 25.6 Å². The van der Waals surface area contributed by atoms with E-state index in [1.54, 1.807) is 0 Å². The Labute approximate surface area is 109 Å². The highest BCUT2D eigenvalue weighted by atomic mass is 32.2. The van der Waals surface area contributed by atoms with Crippen molar-refractivity contribution in [2.75, 3.05) is 19.3 Å². The quantitative estimate of drug-likeness (QED) is 0.821. The van der Waals surface area contributed by atoms with Crippen LogP contribution in [0, 0.1) is 5.92 Å². The molecule has 2 aliphatic rings. The third-order valence-electron chi connectivity index (χ3n) is 4.05. The van der Waals surface area contributed by atoms with Gasteiger partial charge >= 0.3 is 0 Å². The smallest absolute Gasteiger partial charge is 0.237 e. The first kappa shape index (κ1) is 13.8. The third-order valence-corrected chi connectivity index (χ3v) is 4.72. The topological polar surface area (TPSA) is 66.5 Å². The van der Waals surface area contributed by atoms with Crippen LogP contribution in [-0.2, 0) is 14.8 Å². The number of likely N-dealkylation sites (tertiary alicyclic amines) is 1. The number of rotatable bonds is 4. The maximum atomic E-state index is 12.1. The van der Waals surface area contributed by atoms with Gasteiger partial charge in [0.25, 0.3) is 0 Å². The van der Waals surface area contributed by atoms with Crippen molar-refractivity contribution in [2.45, 2.75) is 44.6 Å². The second-order valence-electron chi connectivity index (χ2n) is 5.43. The molecule has 1 saturated heterocycles. The van der Waals surface area contributed by atoms with Gasteiger partial charge in [-0.05, 0) is 31.6 Å². The fourth-order valence-electron chi connectivity index (χ4n) is 3.23. The van der Waals surface area contributed by atoms with E-state index in [-0.39, 0.29) is 12.5 Å². The molecular weight excluding hydrogens is 252 g/mol. The summed E-state index contributed by atoms with van der Waals surface area (Å²) in [4.78, 5) is 14.0. The van der Waals surface area contributed by atoms with Gasteiger partial charge in [-0.25, -0.2) is 13.1 Å². The van der Waals surface area contributed by atoms with Crippen molar-refractivity contribution in [1.82, 2.24) is 9.62 Å². The van der Waals surface area contributed by atoms with E-state index in [1.165, 1.54) is 25.7 Å². The zero-order chi connectivity index (χ0) is 13.2. The molecule has 0 unspecified atom stereocenters. The lowest BCUT2D eigenvalue weighted by atomic mass is 9.96. The van der Waals surface area contributed by atoms with Crippen LogP contribution in [0.3, 0.4) is 0 Å². The number of nitrogens with zero attached hydrogens (tertiary/aromatic N) is 1. The highest BCUT2D eigenvalue weighted by Gasteiger charge is 2.35. The predicted octanol–water partition coefficient (Wildman–Crippen LogP) is 0.717. The Kier molecular flexibility index (Phi) is 4.27.